The summed E-state index contributed by atoms with van der Waals surface area (Å²) in [5, 5.41) is 5.78. The SMILES string of the molecule is COCC(Nc1nc(Nc2cn(C)cn2)c(F)c(N2CCOCC2)n1)c1ncc(F)cc1F. The van der Waals surface area contributed by atoms with E-state index in [1.807, 2.05) is 0 Å². The Balaban J connectivity index is 1.71. The molecule has 1 aliphatic heterocycles. The van der Waals surface area contributed by atoms with Gasteiger partial charge >= 0.3 is 0 Å². The maximum absolute atomic E-state index is 15.4. The lowest BCUT2D eigenvalue weighted by Crippen LogP contribution is -2.37. The van der Waals surface area contributed by atoms with Crippen LogP contribution in [0.15, 0.2) is 24.8 Å². The number of pyridine rings is 1. The molecule has 1 fully saturated rings. The van der Waals surface area contributed by atoms with Crippen molar-refractivity contribution in [1.82, 2.24) is 24.5 Å². The maximum atomic E-state index is 15.4. The average Bonchev–Trinajstić information content (AvgIpc) is 3.21. The highest BCUT2D eigenvalue weighted by Crippen LogP contribution is 2.29. The smallest absolute Gasteiger partial charge is 0.227 e. The van der Waals surface area contributed by atoms with Crippen LogP contribution in [0.2, 0.25) is 0 Å². The molecule has 13 heteroatoms. The molecule has 0 saturated carbocycles. The fourth-order valence-corrected chi connectivity index (χ4v) is 3.36. The van der Waals surface area contributed by atoms with Crippen LogP contribution < -0.4 is 15.5 Å². The zero-order chi connectivity index (χ0) is 23.4. The van der Waals surface area contributed by atoms with Crippen LogP contribution in [0.1, 0.15) is 11.7 Å². The van der Waals surface area contributed by atoms with Crippen LogP contribution in [0.5, 0.6) is 0 Å². The highest BCUT2D eigenvalue weighted by molar-refractivity contribution is 5.61. The number of aromatic nitrogens is 5. The van der Waals surface area contributed by atoms with E-state index in [4.69, 9.17) is 9.47 Å². The van der Waals surface area contributed by atoms with Crippen molar-refractivity contribution in [3.8, 4) is 0 Å². The molecule has 4 heterocycles. The number of nitrogens with zero attached hydrogens (tertiary/aromatic N) is 6. The Morgan fingerprint density at radius 3 is 2.64 bits per heavy atom. The summed E-state index contributed by atoms with van der Waals surface area (Å²) >= 11 is 0. The third-order valence-corrected chi connectivity index (χ3v) is 4.90. The molecule has 0 spiro atoms. The van der Waals surface area contributed by atoms with Gasteiger partial charge in [-0.25, -0.2) is 13.8 Å². The van der Waals surface area contributed by atoms with Gasteiger partial charge in [-0.2, -0.15) is 14.4 Å². The van der Waals surface area contributed by atoms with E-state index < -0.39 is 23.5 Å². The molecule has 3 aromatic rings. The number of methoxy groups -OCH3 is 1. The van der Waals surface area contributed by atoms with Gasteiger partial charge in [0.2, 0.25) is 11.8 Å². The van der Waals surface area contributed by atoms with E-state index in [0.717, 1.165) is 12.3 Å². The van der Waals surface area contributed by atoms with Crippen LogP contribution in [0.3, 0.4) is 0 Å². The van der Waals surface area contributed by atoms with Crippen LogP contribution in [0.4, 0.5) is 36.6 Å². The number of hydrogen-bond acceptors (Lipinski definition) is 9. The molecule has 3 aromatic heterocycles. The number of rotatable bonds is 8. The molecule has 1 saturated heterocycles. The van der Waals surface area contributed by atoms with Crippen molar-refractivity contribution in [2.24, 2.45) is 7.05 Å². The number of nitrogens with one attached hydrogen (secondary N) is 2. The summed E-state index contributed by atoms with van der Waals surface area (Å²) in [4.78, 5) is 18.3. The van der Waals surface area contributed by atoms with E-state index in [1.165, 1.54) is 7.11 Å². The zero-order valence-corrected chi connectivity index (χ0v) is 18.1. The highest BCUT2D eigenvalue weighted by Gasteiger charge is 2.25. The molecule has 10 nitrogen and oxygen atoms in total. The topological polar surface area (TPSA) is 102 Å². The van der Waals surface area contributed by atoms with Crippen molar-refractivity contribution in [3.63, 3.8) is 0 Å². The molecule has 0 bridgehead atoms. The van der Waals surface area contributed by atoms with Gasteiger partial charge in [-0.3, -0.25) is 4.98 Å². The Bertz CT molecular complexity index is 1110. The summed E-state index contributed by atoms with van der Waals surface area (Å²) in [6.07, 6.45) is 4.12. The van der Waals surface area contributed by atoms with Crippen molar-refractivity contribution < 1.29 is 22.6 Å². The first-order chi connectivity index (χ1) is 15.9. The molecule has 0 amide bonds. The van der Waals surface area contributed by atoms with E-state index in [1.54, 1.807) is 29.0 Å². The number of halogens is 3. The first kappa shape index (κ1) is 22.7. The van der Waals surface area contributed by atoms with Gasteiger partial charge in [-0.15, -0.1) is 0 Å². The van der Waals surface area contributed by atoms with Gasteiger partial charge in [0, 0.05) is 39.5 Å². The highest BCUT2D eigenvalue weighted by atomic mass is 19.1. The third-order valence-electron chi connectivity index (χ3n) is 4.90. The lowest BCUT2D eigenvalue weighted by atomic mass is 10.2. The van der Waals surface area contributed by atoms with Crippen molar-refractivity contribution in [2.75, 3.05) is 55.6 Å². The van der Waals surface area contributed by atoms with Gasteiger partial charge in [-0.05, 0) is 0 Å². The van der Waals surface area contributed by atoms with Gasteiger partial charge in [0.15, 0.2) is 11.6 Å². The van der Waals surface area contributed by atoms with Gasteiger partial charge in [0.25, 0.3) is 0 Å². The molecule has 0 aromatic carbocycles. The average molecular weight is 464 g/mol. The predicted octanol–water partition coefficient (Wildman–Crippen LogP) is 2.40. The van der Waals surface area contributed by atoms with Crippen LogP contribution in [0, 0.1) is 17.5 Å². The predicted molar refractivity (Wildman–Crippen MR) is 114 cm³/mol. The van der Waals surface area contributed by atoms with E-state index in [0.29, 0.717) is 32.1 Å². The number of ether oxygens (including phenoxy) is 2. The third kappa shape index (κ3) is 5.31. The Morgan fingerprint density at radius 1 is 1.18 bits per heavy atom. The normalized spacial score (nSPS) is 14.9. The van der Waals surface area contributed by atoms with Crippen LogP contribution in [0.25, 0.3) is 0 Å². The summed E-state index contributed by atoms with van der Waals surface area (Å²) in [5.41, 5.74) is -0.0849. The van der Waals surface area contributed by atoms with E-state index >= 15 is 4.39 Å². The lowest BCUT2D eigenvalue weighted by Gasteiger charge is -2.29. The molecular formula is C20H23F3N8O2. The van der Waals surface area contributed by atoms with Crippen molar-refractivity contribution in [1.29, 1.82) is 0 Å². The molecule has 4 rings (SSSR count). The van der Waals surface area contributed by atoms with Crippen molar-refractivity contribution >= 4 is 23.4 Å². The monoisotopic (exact) mass is 464 g/mol. The summed E-state index contributed by atoms with van der Waals surface area (Å²) < 4.78 is 55.3. The Hall–Kier alpha value is -3.45. The van der Waals surface area contributed by atoms with Crippen LogP contribution in [-0.2, 0) is 16.5 Å². The van der Waals surface area contributed by atoms with Gasteiger partial charge in [-0.1, -0.05) is 0 Å². The number of imidazole rings is 1. The second-order valence-electron chi connectivity index (χ2n) is 7.36. The molecular weight excluding hydrogens is 441 g/mol. The van der Waals surface area contributed by atoms with Crippen LogP contribution >= 0.6 is 0 Å². The first-order valence-corrected chi connectivity index (χ1v) is 10.2. The van der Waals surface area contributed by atoms with Gasteiger partial charge in [0.05, 0.1) is 38.4 Å². The quantitative estimate of drug-likeness (QED) is 0.520. The summed E-state index contributed by atoms with van der Waals surface area (Å²) in [7, 11) is 3.20. The molecule has 0 radical (unpaired) electrons. The van der Waals surface area contributed by atoms with Crippen molar-refractivity contribution in [2.45, 2.75) is 6.04 Å². The number of anilines is 4. The molecule has 0 aliphatic carbocycles. The Labute approximate surface area is 187 Å². The molecule has 1 atom stereocenters. The van der Waals surface area contributed by atoms with E-state index in [2.05, 4.69) is 30.6 Å². The Kier molecular flexibility index (Phi) is 6.89. The van der Waals surface area contributed by atoms with E-state index in [9.17, 15) is 8.78 Å². The molecule has 2 N–H and O–H groups in total. The van der Waals surface area contributed by atoms with E-state index in [-0.39, 0.29) is 29.9 Å². The lowest BCUT2D eigenvalue weighted by molar-refractivity contribution is 0.122. The van der Waals surface area contributed by atoms with Crippen molar-refractivity contribution in [3.05, 3.63) is 47.9 Å². The molecule has 1 aliphatic rings. The minimum absolute atomic E-state index is 0.00361. The van der Waals surface area contributed by atoms with Crippen LogP contribution in [-0.4, -0.2) is 64.5 Å². The van der Waals surface area contributed by atoms with Gasteiger partial charge < -0.3 is 29.6 Å². The minimum Gasteiger partial charge on any atom is -0.382 e. The minimum atomic E-state index is -0.860. The summed E-state index contributed by atoms with van der Waals surface area (Å²) in [6.45, 7) is 1.70. The molecule has 33 heavy (non-hydrogen) atoms. The standard InChI is InChI=1S/C20H23F3N8O2/c1-30-9-15(25-11-30)27-18-16(23)19(31-3-5-33-6-4-31)29-20(28-18)26-14(10-32-2)17-13(22)7-12(21)8-24-17/h7-9,11,14H,3-6,10H2,1-2H3,(H2,26,27,28,29). The number of hydrogen-bond donors (Lipinski definition) is 2. The second-order valence-corrected chi connectivity index (χ2v) is 7.36. The second kappa shape index (κ2) is 10.0. The molecule has 176 valence electrons. The first-order valence-electron chi connectivity index (χ1n) is 10.2. The summed E-state index contributed by atoms with van der Waals surface area (Å²) in [5.74, 6) is -2.00. The largest absolute Gasteiger partial charge is 0.382 e. The fourth-order valence-electron chi connectivity index (χ4n) is 3.36. The maximum Gasteiger partial charge on any atom is 0.227 e. The zero-order valence-electron chi connectivity index (χ0n) is 18.1. The number of morpholine rings is 1. The fraction of sp³-hybridized carbons (Fsp3) is 0.400. The number of aryl methyl sites for hydroxylation is 1. The Morgan fingerprint density at radius 2 is 1.97 bits per heavy atom. The molecule has 1 unspecified atom stereocenters. The van der Waals surface area contributed by atoms with Gasteiger partial charge in [0.1, 0.15) is 23.1 Å². The summed E-state index contributed by atoms with van der Waals surface area (Å²) in [6, 6.07) is -0.132.